The van der Waals surface area contributed by atoms with E-state index in [1.54, 1.807) is 7.05 Å². The summed E-state index contributed by atoms with van der Waals surface area (Å²) in [5, 5.41) is 6.33. The Morgan fingerprint density at radius 1 is 1.26 bits per heavy atom. The summed E-state index contributed by atoms with van der Waals surface area (Å²) in [5.41, 5.74) is 2.90. The molecule has 0 aromatic heterocycles. The molecule has 1 amide bonds. The highest BCUT2D eigenvalue weighted by molar-refractivity contribution is 5.96. The van der Waals surface area contributed by atoms with E-state index in [4.69, 9.17) is 0 Å². The number of anilines is 1. The number of hydrogen-bond acceptors (Lipinski definition) is 2. The van der Waals surface area contributed by atoms with Crippen LogP contribution in [0.3, 0.4) is 0 Å². The van der Waals surface area contributed by atoms with E-state index < -0.39 is 0 Å². The van der Waals surface area contributed by atoms with Crippen molar-refractivity contribution in [2.24, 2.45) is 5.92 Å². The molecule has 0 radical (unpaired) electrons. The van der Waals surface area contributed by atoms with Gasteiger partial charge in [0.2, 0.25) is 0 Å². The lowest BCUT2D eigenvalue weighted by Crippen LogP contribution is -2.31. The Morgan fingerprint density at radius 2 is 2.00 bits per heavy atom. The topological polar surface area (TPSA) is 41.1 Å². The Morgan fingerprint density at radius 3 is 2.68 bits per heavy atom. The van der Waals surface area contributed by atoms with E-state index in [2.05, 4.69) is 23.6 Å². The molecule has 1 saturated carbocycles. The minimum atomic E-state index is -0.0159. The molecule has 0 aliphatic heterocycles. The molecule has 19 heavy (non-hydrogen) atoms. The SMILES string of the molecule is CNC(=O)c1cccc(NC2CCCCC2C)c1C. The predicted molar refractivity (Wildman–Crippen MR) is 79.6 cm³/mol. The van der Waals surface area contributed by atoms with Crippen molar-refractivity contribution in [3.8, 4) is 0 Å². The highest BCUT2D eigenvalue weighted by Gasteiger charge is 2.22. The molecule has 0 saturated heterocycles. The van der Waals surface area contributed by atoms with Crippen LogP contribution in [-0.4, -0.2) is 19.0 Å². The molecule has 1 aromatic rings. The van der Waals surface area contributed by atoms with Crippen LogP contribution in [0, 0.1) is 12.8 Å². The smallest absolute Gasteiger partial charge is 0.251 e. The highest BCUT2D eigenvalue weighted by Crippen LogP contribution is 2.28. The van der Waals surface area contributed by atoms with Gasteiger partial charge >= 0.3 is 0 Å². The number of benzene rings is 1. The second kappa shape index (κ2) is 6.09. The summed E-state index contributed by atoms with van der Waals surface area (Å²) in [6.45, 7) is 4.33. The Labute approximate surface area is 115 Å². The fraction of sp³-hybridized carbons (Fsp3) is 0.562. The molecule has 1 aliphatic carbocycles. The summed E-state index contributed by atoms with van der Waals surface area (Å²) in [6, 6.07) is 6.44. The third-order valence-corrected chi connectivity index (χ3v) is 4.26. The van der Waals surface area contributed by atoms with Crippen LogP contribution < -0.4 is 10.6 Å². The lowest BCUT2D eigenvalue weighted by Gasteiger charge is -2.31. The van der Waals surface area contributed by atoms with Crippen molar-refractivity contribution in [2.75, 3.05) is 12.4 Å². The number of amides is 1. The molecular formula is C16H24N2O. The lowest BCUT2D eigenvalue weighted by molar-refractivity contribution is 0.0962. The van der Waals surface area contributed by atoms with Gasteiger partial charge in [0.1, 0.15) is 0 Å². The van der Waals surface area contributed by atoms with E-state index in [-0.39, 0.29) is 5.91 Å². The van der Waals surface area contributed by atoms with Gasteiger partial charge in [-0.2, -0.15) is 0 Å². The maximum atomic E-state index is 11.8. The summed E-state index contributed by atoms with van der Waals surface area (Å²) in [5.74, 6) is 0.689. The van der Waals surface area contributed by atoms with Crippen LogP contribution in [0.2, 0.25) is 0 Å². The third-order valence-electron chi connectivity index (χ3n) is 4.26. The number of rotatable bonds is 3. The zero-order valence-corrected chi connectivity index (χ0v) is 12.1. The first-order valence-electron chi connectivity index (χ1n) is 7.21. The van der Waals surface area contributed by atoms with E-state index in [1.165, 1.54) is 25.7 Å². The second-order valence-electron chi connectivity index (χ2n) is 5.57. The lowest BCUT2D eigenvalue weighted by atomic mass is 9.85. The molecule has 104 valence electrons. The van der Waals surface area contributed by atoms with Gasteiger partial charge in [-0.05, 0) is 43.4 Å². The average Bonchev–Trinajstić information content (AvgIpc) is 2.42. The van der Waals surface area contributed by atoms with Crippen LogP contribution in [-0.2, 0) is 0 Å². The average molecular weight is 260 g/mol. The van der Waals surface area contributed by atoms with Crippen molar-refractivity contribution in [3.63, 3.8) is 0 Å². The molecule has 3 nitrogen and oxygen atoms in total. The number of carbonyl (C=O) groups excluding carboxylic acids is 1. The Balaban J connectivity index is 2.18. The molecule has 2 unspecified atom stereocenters. The maximum Gasteiger partial charge on any atom is 0.251 e. The van der Waals surface area contributed by atoms with Gasteiger partial charge in [0.25, 0.3) is 5.91 Å². The van der Waals surface area contributed by atoms with Gasteiger partial charge < -0.3 is 10.6 Å². The van der Waals surface area contributed by atoms with Gasteiger partial charge in [-0.3, -0.25) is 4.79 Å². The number of nitrogens with one attached hydrogen (secondary N) is 2. The second-order valence-corrected chi connectivity index (χ2v) is 5.57. The first-order valence-corrected chi connectivity index (χ1v) is 7.21. The van der Waals surface area contributed by atoms with E-state index >= 15 is 0 Å². The quantitative estimate of drug-likeness (QED) is 0.875. The van der Waals surface area contributed by atoms with Crippen molar-refractivity contribution in [3.05, 3.63) is 29.3 Å². The van der Waals surface area contributed by atoms with Crippen molar-refractivity contribution < 1.29 is 4.79 Å². The molecule has 3 heteroatoms. The standard InChI is InChI=1S/C16H24N2O/c1-11-7-4-5-9-14(11)18-15-10-6-8-13(12(15)2)16(19)17-3/h6,8,10-11,14,18H,4-5,7,9H2,1-3H3,(H,17,19). The molecule has 2 N–H and O–H groups in total. The molecule has 0 heterocycles. The Hall–Kier alpha value is -1.51. The third kappa shape index (κ3) is 3.09. The van der Waals surface area contributed by atoms with Gasteiger partial charge in [-0.25, -0.2) is 0 Å². The van der Waals surface area contributed by atoms with E-state index in [0.29, 0.717) is 12.0 Å². The van der Waals surface area contributed by atoms with Crippen molar-refractivity contribution >= 4 is 11.6 Å². The predicted octanol–water partition coefficient (Wildman–Crippen LogP) is 3.35. The summed E-state index contributed by atoms with van der Waals surface area (Å²) < 4.78 is 0. The number of hydrogen-bond donors (Lipinski definition) is 2. The molecule has 2 rings (SSSR count). The summed E-state index contributed by atoms with van der Waals surface area (Å²) in [7, 11) is 1.67. The normalized spacial score (nSPS) is 22.9. The van der Waals surface area contributed by atoms with Crippen LogP contribution in [0.1, 0.15) is 48.5 Å². The summed E-state index contributed by atoms with van der Waals surface area (Å²) in [4.78, 5) is 11.8. The van der Waals surface area contributed by atoms with E-state index in [0.717, 1.165) is 16.8 Å². The first-order chi connectivity index (χ1) is 9.13. The monoisotopic (exact) mass is 260 g/mol. The van der Waals surface area contributed by atoms with E-state index in [9.17, 15) is 4.79 Å². The number of carbonyl (C=O) groups is 1. The molecule has 2 atom stereocenters. The minimum absolute atomic E-state index is 0.0159. The zero-order valence-electron chi connectivity index (χ0n) is 12.1. The van der Waals surface area contributed by atoms with Crippen LogP contribution in [0.25, 0.3) is 0 Å². The van der Waals surface area contributed by atoms with Gasteiger partial charge in [0.05, 0.1) is 0 Å². The van der Waals surface area contributed by atoms with Crippen LogP contribution in [0.15, 0.2) is 18.2 Å². The van der Waals surface area contributed by atoms with Crippen LogP contribution >= 0.6 is 0 Å². The largest absolute Gasteiger partial charge is 0.382 e. The summed E-state index contributed by atoms with van der Waals surface area (Å²) >= 11 is 0. The first kappa shape index (κ1) is 13.9. The maximum absolute atomic E-state index is 11.8. The van der Waals surface area contributed by atoms with Gasteiger partial charge in [-0.15, -0.1) is 0 Å². The fourth-order valence-corrected chi connectivity index (χ4v) is 2.90. The van der Waals surface area contributed by atoms with Crippen LogP contribution in [0.5, 0.6) is 0 Å². The molecule has 1 aliphatic rings. The van der Waals surface area contributed by atoms with Crippen molar-refractivity contribution in [1.29, 1.82) is 0 Å². The molecule has 1 aromatic carbocycles. The Kier molecular flexibility index (Phi) is 4.46. The van der Waals surface area contributed by atoms with Crippen molar-refractivity contribution in [1.82, 2.24) is 5.32 Å². The molecule has 1 fully saturated rings. The van der Waals surface area contributed by atoms with Crippen LogP contribution in [0.4, 0.5) is 5.69 Å². The van der Waals surface area contributed by atoms with Crippen molar-refractivity contribution in [2.45, 2.75) is 45.6 Å². The Bertz CT molecular complexity index is 456. The zero-order chi connectivity index (χ0) is 13.8. The summed E-state index contributed by atoms with van der Waals surface area (Å²) in [6.07, 6.45) is 5.17. The highest BCUT2D eigenvalue weighted by atomic mass is 16.1. The van der Waals surface area contributed by atoms with Gasteiger partial charge in [-0.1, -0.05) is 25.8 Å². The molecule has 0 spiro atoms. The minimum Gasteiger partial charge on any atom is -0.382 e. The molecule has 0 bridgehead atoms. The fourth-order valence-electron chi connectivity index (χ4n) is 2.90. The molecular weight excluding hydrogens is 236 g/mol. The van der Waals surface area contributed by atoms with E-state index in [1.807, 2.05) is 19.1 Å². The van der Waals surface area contributed by atoms with Gasteiger partial charge in [0, 0.05) is 24.3 Å². The van der Waals surface area contributed by atoms with Gasteiger partial charge in [0.15, 0.2) is 0 Å².